The molecule has 1 aromatic carbocycles. The van der Waals surface area contributed by atoms with E-state index in [9.17, 15) is 14.3 Å². The molecule has 0 radical (unpaired) electrons. The van der Waals surface area contributed by atoms with E-state index in [4.69, 9.17) is 11.5 Å². The van der Waals surface area contributed by atoms with Crippen LogP contribution in [0.15, 0.2) is 18.2 Å². The summed E-state index contributed by atoms with van der Waals surface area (Å²) in [5.74, 6) is -0.615. The van der Waals surface area contributed by atoms with Gasteiger partial charge in [-0.3, -0.25) is 4.79 Å². The molecule has 0 spiro atoms. The number of fused-ring (bicyclic) bond motifs is 1. The Bertz CT molecular complexity index is 1050. The Morgan fingerprint density at radius 1 is 1.31 bits per heavy atom. The predicted molar refractivity (Wildman–Crippen MR) is 99.0 cm³/mol. The summed E-state index contributed by atoms with van der Waals surface area (Å²) in [6.07, 6.45) is -1.25. The number of carbonyl (C=O) groups excluding carboxylic acids is 1. The zero-order chi connectivity index (χ0) is 19.3. The van der Waals surface area contributed by atoms with Crippen LogP contribution in [-0.4, -0.2) is 20.6 Å². The maximum absolute atomic E-state index is 13.9. The fraction of sp³-hybridized carbons (Fsp3) is 0.263. The predicted octanol–water partition coefficient (Wildman–Crippen LogP) is 3.34. The molecule has 5 N–H and O–H groups in total. The number of nitrogens with zero attached hydrogens (tertiary/aromatic N) is 2. The van der Waals surface area contributed by atoms with Crippen LogP contribution in [0.2, 0.25) is 0 Å². The SMILES string of the molecule is Cc1ccc(O)c(C)c1-c1c(N)c(C(N)=O)c2cc(C(C)F)c(C)nn12. The van der Waals surface area contributed by atoms with Crippen molar-refractivity contribution in [2.45, 2.75) is 33.9 Å². The second-order valence-electron chi connectivity index (χ2n) is 6.50. The third kappa shape index (κ3) is 2.47. The molecule has 26 heavy (non-hydrogen) atoms. The second kappa shape index (κ2) is 6.01. The van der Waals surface area contributed by atoms with Crippen molar-refractivity contribution in [3.05, 3.63) is 46.1 Å². The lowest BCUT2D eigenvalue weighted by molar-refractivity contribution is 0.100. The number of primary amides is 1. The van der Waals surface area contributed by atoms with Gasteiger partial charge in [-0.1, -0.05) is 6.07 Å². The Balaban J connectivity index is 2.52. The number of hydrogen-bond donors (Lipinski definition) is 3. The molecular formula is C19H21FN4O2. The van der Waals surface area contributed by atoms with Crippen molar-refractivity contribution >= 4 is 17.1 Å². The average molecular weight is 356 g/mol. The number of hydrogen-bond acceptors (Lipinski definition) is 4. The van der Waals surface area contributed by atoms with Crippen molar-refractivity contribution in [1.82, 2.24) is 9.61 Å². The Kier molecular flexibility index (Phi) is 4.10. The zero-order valence-corrected chi connectivity index (χ0v) is 15.1. The summed E-state index contributed by atoms with van der Waals surface area (Å²) >= 11 is 0. The number of nitrogen functional groups attached to an aromatic ring is 1. The van der Waals surface area contributed by atoms with Gasteiger partial charge in [-0.2, -0.15) is 5.10 Å². The fourth-order valence-corrected chi connectivity index (χ4v) is 3.40. The topological polar surface area (TPSA) is 107 Å². The Morgan fingerprint density at radius 3 is 2.54 bits per heavy atom. The minimum absolute atomic E-state index is 0.0940. The minimum atomic E-state index is -1.25. The molecule has 0 saturated heterocycles. The number of anilines is 1. The highest BCUT2D eigenvalue weighted by molar-refractivity contribution is 6.09. The van der Waals surface area contributed by atoms with Crippen LogP contribution in [0.5, 0.6) is 5.75 Å². The summed E-state index contributed by atoms with van der Waals surface area (Å²) in [5.41, 5.74) is 15.8. The number of benzene rings is 1. The third-order valence-electron chi connectivity index (χ3n) is 4.74. The number of alkyl halides is 1. The van der Waals surface area contributed by atoms with Crippen LogP contribution < -0.4 is 11.5 Å². The van der Waals surface area contributed by atoms with Crippen molar-refractivity contribution in [3.63, 3.8) is 0 Å². The van der Waals surface area contributed by atoms with Crippen LogP contribution in [0.1, 0.15) is 45.8 Å². The first-order chi connectivity index (χ1) is 12.1. The number of aromatic nitrogens is 2. The van der Waals surface area contributed by atoms with Gasteiger partial charge in [-0.15, -0.1) is 0 Å². The number of carbonyl (C=O) groups is 1. The molecule has 1 unspecified atom stereocenters. The van der Waals surface area contributed by atoms with E-state index in [-0.39, 0.29) is 17.0 Å². The van der Waals surface area contributed by atoms with Gasteiger partial charge in [0.25, 0.3) is 5.91 Å². The summed E-state index contributed by atoms with van der Waals surface area (Å²) < 4.78 is 15.4. The van der Waals surface area contributed by atoms with Crippen molar-refractivity contribution in [2.75, 3.05) is 5.73 Å². The lowest BCUT2D eigenvalue weighted by Crippen LogP contribution is -2.13. The number of aryl methyl sites for hydroxylation is 2. The van der Waals surface area contributed by atoms with Crippen LogP contribution in [0, 0.1) is 20.8 Å². The molecule has 1 atom stereocenters. The van der Waals surface area contributed by atoms with Gasteiger partial charge in [0.1, 0.15) is 11.9 Å². The molecule has 7 heteroatoms. The third-order valence-corrected chi connectivity index (χ3v) is 4.74. The van der Waals surface area contributed by atoms with Crippen LogP contribution in [0.4, 0.5) is 10.1 Å². The van der Waals surface area contributed by atoms with E-state index in [1.54, 1.807) is 32.0 Å². The summed E-state index contributed by atoms with van der Waals surface area (Å²) in [6, 6.07) is 4.91. The maximum Gasteiger partial charge on any atom is 0.253 e. The minimum Gasteiger partial charge on any atom is -0.508 e. The number of rotatable bonds is 3. The lowest BCUT2D eigenvalue weighted by Gasteiger charge is -2.13. The van der Waals surface area contributed by atoms with Crippen LogP contribution in [-0.2, 0) is 0 Å². The molecule has 0 bridgehead atoms. The smallest absolute Gasteiger partial charge is 0.253 e. The monoisotopic (exact) mass is 356 g/mol. The highest BCUT2D eigenvalue weighted by Crippen LogP contribution is 2.40. The van der Waals surface area contributed by atoms with Gasteiger partial charge in [0, 0.05) is 16.7 Å². The molecule has 0 saturated carbocycles. The largest absolute Gasteiger partial charge is 0.508 e. The van der Waals surface area contributed by atoms with Crippen LogP contribution in [0.25, 0.3) is 16.8 Å². The summed E-state index contributed by atoms with van der Waals surface area (Å²) in [6.45, 7) is 6.72. The highest BCUT2D eigenvalue weighted by atomic mass is 19.1. The first-order valence-corrected chi connectivity index (χ1v) is 8.20. The molecule has 0 aliphatic heterocycles. The van der Waals surface area contributed by atoms with Gasteiger partial charge >= 0.3 is 0 Å². The van der Waals surface area contributed by atoms with E-state index in [1.807, 2.05) is 6.92 Å². The quantitative estimate of drug-likeness (QED) is 0.669. The van der Waals surface area contributed by atoms with Gasteiger partial charge in [-0.25, -0.2) is 8.91 Å². The molecule has 0 aliphatic rings. The molecular weight excluding hydrogens is 335 g/mol. The Hall–Kier alpha value is -3.09. The first kappa shape index (κ1) is 17.7. The van der Waals surface area contributed by atoms with Crippen molar-refractivity contribution in [2.24, 2.45) is 5.73 Å². The first-order valence-electron chi connectivity index (χ1n) is 8.20. The van der Waals surface area contributed by atoms with E-state index < -0.39 is 12.1 Å². The van der Waals surface area contributed by atoms with E-state index in [0.29, 0.717) is 33.6 Å². The Labute approximate surface area is 150 Å². The number of halogens is 1. The molecule has 136 valence electrons. The molecule has 1 amide bonds. The van der Waals surface area contributed by atoms with Crippen LogP contribution >= 0.6 is 0 Å². The fourth-order valence-electron chi connectivity index (χ4n) is 3.40. The molecule has 2 heterocycles. The molecule has 3 rings (SSSR count). The molecule has 0 aliphatic carbocycles. The van der Waals surface area contributed by atoms with Crippen LogP contribution in [0.3, 0.4) is 0 Å². The number of phenolic OH excluding ortho intramolecular Hbond substituents is 1. The molecule has 3 aromatic rings. The van der Waals surface area contributed by atoms with Gasteiger partial charge in [0.05, 0.1) is 28.2 Å². The standard InChI is InChI=1S/C19H21FN4O2/c1-8-5-6-14(25)9(2)15(8)18-17(21)16(19(22)26)13-7-12(10(3)20)11(4)23-24(13)18/h5-7,10,25H,21H2,1-4H3,(H2,22,26). The average Bonchev–Trinajstić information content (AvgIpc) is 2.82. The summed E-state index contributed by atoms with van der Waals surface area (Å²) in [5, 5.41) is 14.6. The van der Waals surface area contributed by atoms with Gasteiger partial charge in [0.2, 0.25) is 0 Å². The van der Waals surface area contributed by atoms with E-state index in [2.05, 4.69) is 5.10 Å². The maximum atomic E-state index is 13.9. The van der Waals surface area contributed by atoms with Crippen molar-refractivity contribution in [1.29, 1.82) is 0 Å². The lowest BCUT2D eigenvalue weighted by atomic mass is 9.98. The van der Waals surface area contributed by atoms with Gasteiger partial charge < -0.3 is 16.6 Å². The number of nitrogens with two attached hydrogens (primary N) is 2. The van der Waals surface area contributed by atoms with Gasteiger partial charge in [0.15, 0.2) is 0 Å². The summed E-state index contributed by atoms with van der Waals surface area (Å²) in [7, 11) is 0. The van der Waals surface area contributed by atoms with E-state index >= 15 is 0 Å². The molecule has 6 nitrogen and oxygen atoms in total. The highest BCUT2D eigenvalue weighted by Gasteiger charge is 2.26. The van der Waals surface area contributed by atoms with Crippen molar-refractivity contribution < 1.29 is 14.3 Å². The van der Waals surface area contributed by atoms with E-state index in [0.717, 1.165) is 5.56 Å². The normalized spacial score (nSPS) is 12.5. The molecule has 2 aromatic heterocycles. The molecule has 0 fully saturated rings. The van der Waals surface area contributed by atoms with E-state index in [1.165, 1.54) is 11.4 Å². The van der Waals surface area contributed by atoms with Gasteiger partial charge in [-0.05, 0) is 45.4 Å². The number of aromatic hydroxyl groups is 1. The second-order valence-corrected chi connectivity index (χ2v) is 6.50. The summed E-state index contributed by atoms with van der Waals surface area (Å²) in [4.78, 5) is 12.0. The number of phenols is 1. The van der Waals surface area contributed by atoms with Crippen molar-refractivity contribution in [3.8, 4) is 17.0 Å². The Morgan fingerprint density at radius 2 is 1.96 bits per heavy atom. The zero-order valence-electron chi connectivity index (χ0n) is 15.1. The number of amides is 1.